The monoisotopic (exact) mass is 234 g/mol. The Labute approximate surface area is 96.9 Å². The van der Waals surface area contributed by atoms with Crippen molar-refractivity contribution >= 4 is 22.9 Å². The molecule has 0 bridgehead atoms. The number of anilines is 1. The minimum absolute atomic E-state index is 0.194. The van der Waals surface area contributed by atoms with E-state index in [1.807, 2.05) is 0 Å². The molecule has 0 atom stereocenters. The van der Waals surface area contributed by atoms with E-state index in [-0.39, 0.29) is 5.91 Å². The van der Waals surface area contributed by atoms with Gasteiger partial charge in [-0.05, 0) is 24.3 Å². The van der Waals surface area contributed by atoms with Gasteiger partial charge in [0.05, 0.1) is 7.11 Å². The highest BCUT2D eigenvalue weighted by molar-refractivity contribution is 7.11. The molecule has 1 amide bonds. The highest BCUT2D eigenvalue weighted by Gasteiger charge is 2.07. The number of carbonyl (C=O) groups is 1. The van der Waals surface area contributed by atoms with Crippen LogP contribution in [0.1, 0.15) is 9.80 Å². The molecule has 2 aromatic rings. The third kappa shape index (κ3) is 2.38. The lowest BCUT2D eigenvalue weighted by molar-refractivity contribution is 0.102. The molecule has 0 aliphatic heterocycles. The summed E-state index contributed by atoms with van der Waals surface area (Å²) < 4.78 is 5.02. The fourth-order valence-electron chi connectivity index (χ4n) is 1.19. The van der Waals surface area contributed by atoms with Crippen LogP contribution in [0.4, 0.5) is 5.69 Å². The lowest BCUT2D eigenvalue weighted by Crippen LogP contribution is -2.11. The number of hydrogen-bond acceptors (Lipinski definition) is 4. The molecule has 2 rings (SSSR count). The van der Waals surface area contributed by atoms with Crippen LogP contribution in [0.25, 0.3) is 0 Å². The molecule has 4 nitrogen and oxygen atoms in total. The summed E-state index contributed by atoms with van der Waals surface area (Å²) in [5, 5.41) is 4.97. The van der Waals surface area contributed by atoms with Crippen molar-refractivity contribution in [1.29, 1.82) is 0 Å². The lowest BCUT2D eigenvalue weighted by Gasteiger charge is -2.04. The quantitative estimate of drug-likeness (QED) is 0.887. The maximum atomic E-state index is 11.6. The van der Waals surface area contributed by atoms with E-state index in [1.165, 1.54) is 11.3 Å². The van der Waals surface area contributed by atoms with E-state index in [2.05, 4.69) is 10.3 Å². The number of benzene rings is 1. The maximum absolute atomic E-state index is 11.6. The zero-order valence-corrected chi connectivity index (χ0v) is 9.45. The Bertz CT molecular complexity index is 465. The maximum Gasteiger partial charge on any atom is 0.284 e. The highest BCUT2D eigenvalue weighted by atomic mass is 32.1. The average molecular weight is 234 g/mol. The predicted molar refractivity (Wildman–Crippen MR) is 63.1 cm³/mol. The van der Waals surface area contributed by atoms with Gasteiger partial charge in [-0.2, -0.15) is 0 Å². The molecule has 82 valence electrons. The summed E-state index contributed by atoms with van der Waals surface area (Å²) in [6.45, 7) is 0. The molecule has 1 aromatic heterocycles. The average Bonchev–Trinajstić information content (AvgIpc) is 2.83. The molecule has 1 heterocycles. The van der Waals surface area contributed by atoms with Crippen LogP contribution in [0.15, 0.2) is 35.8 Å². The molecule has 0 fully saturated rings. The van der Waals surface area contributed by atoms with E-state index in [0.717, 1.165) is 11.4 Å². The molecule has 1 N–H and O–H groups in total. The van der Waals surface area contributed by atoms with Gasteiger partial charge in [-0.25, -0.2) is 4.98 Å². The normalized spacial score (nSPS) is 9.81. The number of nitrogens with one attached hydrogen (secondary N) is 1. The number of carbonyl (C=O) groups excluding carboxylic acids is 1. The van der Waals surface area contributed by atoms with E-state index >= 15 is 0 Å². The van der Waals surface area contributed by atoms with E-state index in [9.17, 15) is 4.79 Å². The fraction of sp³-hybridized carbons (Fsp3) is 0.0909. The van der Waals surface area contributed by atoms with Gasteiger partial charge in [0.2, 0.25) is 0 Å². The minimum Gasteiger partial charge on any atom is -0.497 e. The largest absolute Gasteiger partial charge is 0.497 e. The molecule has 1 aromatic carbocycles. The number of nitrogens with zero attached hydrogens (tertiary/aromatic N) is 1. The van der Waals surface area contributed by atoms with Crippen molar-refractivity contribution in [3.05, 3.63) is 40.8 Å². The molecule has 0 radical (unpaired) electrons. The highest BCUT2D eigenvalue weighted by Crippen LogP contribution is 2.16. The zero-order valence-electron chi connectivity index (χ0n) is 8.64. The van der Waals surface area contributed by atoms with Gasteiger partial charge in [-0.1, -0.05) is 0 Å². The van der Waals surface area contributed by atoms with Gasteiger partial charge in [-0.15, -0.1) is 11.3 Å². The molecule has 0 saturated carbocycles. The van der Waals surface area contributed by atoms with Gasteiger partial charge in [0.15, 0.2) is 5.01 Å². The van der Waals surface area contributed by atoms with Crippen LogP contribution >= 0.6 is 11.3 Å². The van der Waals surface area contributed by atoms with Gasteiger partial charge in [-0.3, -0.25) is 4.79 Å². The van der Waals surface area contributed by atoms with Crippen molar-refractivity contribution in [2.24, 2.45) is 0 Å². The number of hydrogen-bond donors (Lipinski definition) is 1. The van der Waals surface area contributed by atoms with E-state index in [1.54, 1.807) is 43.0 Å². The van der Waals surface area contributed by atoms with Crippen molar-refractivity contribution in [2.45, 2.75) is 0 Å². The second-order valence-electron chi connectivity index (χ2n) is 3.02. The number of methoxy groups -OCH3 is 1. The van der Waals surface area contributed by atoms with Crippen molar-refractivity contribution in [3.8, 4) is 5.75 Å². The standard InChI is InChI=1S/C11H10N2O2S/c1-15-9-4-2-8(3-5-9)13-10(14)11-12-6-7-16-11/h2-7H,1H3,(H,13,14). The van der Waals surface area contributed by atoms with Crippen LogP contribution in [0.3, 0.4) is 0 Å². The Morgan fingerprint density at radius 3 is 2.69 bits per heavy atom. The Hall–Kier alpha value is -1.88. The van der Waals surface area contributed by atoms with Crippen LogP contribution in [-0.2, 0) is 0 Å². The first-order valence-electron chi connectivity index (χ1n) is 4.64. The summed E-state index contributed by atoms with van der Waals surface area (Å²) in [6.07, 6.45) is 1.60. The van der Waals surface area contributed by atoms with Crippen LogP contribution in [-0.4, -0.2) is 18.0 Å². The number of amides is 1. The Balaban J connectivity index is 2.06. The smallest absolute Gasteiger partial charge is 0.284 e. The molecular formula is C11H10N2O2S. The van der Waals surface area contributed by atoms with E-state index < -0.39 is 0 Å². The number of rotatable bonds is 3. The van der Waals surface area contributed by atoms with Crippen molar-refractivity contribution in [2.75, 3.05) is 12.4 Å². The van der Waals surface area contributed by atoms with Gasteiger partial charge < -0.3 is 10.1 Å². The molecule has 0 aliphatic rings. The summed E-state index contributed by atoms with van der Waals surface area (Å²) in [5.41, 5.74) is 0.723. The number of aromatic nitrogens is 1. The molecule has 0 saturated heterocycles. The van der Waals surface area contributed by atoms with E-state index in [4.69, 9.17) is 4.74 Å². The summed E-state index contributed by atoms with van der Waals surface area (Å²) in [5.74, 6) is 0.562. The summed E-state index contributed by atoms with van der Waals surface area (Å²) in [7, 11) is 1.60. The molecular weight excluding hydrogens is 224 g/mol. The van der Waals surface area contributed by atoms with Gasteiger partial charge in [0.25, 0.3) is 5.91 Å². The van der Waals surface area contributed by atoms with Crippen LogP contribution in [0.5, 0.6) is 5.75 Å². The van der Waals surface area contributed by atoms with Gasteiger partial charge in [0, 0.05) is 17.3 Å². The second-order valence-corrected chi connectivity index (χ2v) is 3.91. The fourth-order valence-corrected chi connectivity index (χ4v) is 1.72. The first-order chi connectivity index (χ1) is 7.79. The summed E-state index contributed by atoms with van der Waals surface area (Å²) >= 11 is 1.31. The van der Waals surface area contributed by atoms with Crippen molar-refractivity contribution in [1.82, 2.24) is 4.98 Å². The molecule has 0 aliphatic carbocycles. The molecule has 5 heteroatoms. The minimum atomic E-state index is -0.194. The third-order valence-corrected chi connectivity index (χ3v) is 2.75. The lowest BCUT2D eigenvalue weighted by atomic mass is 10.3. The third-order valence-electron chi connectivity index (χ3n) is 1.97. The van der Waals surface area contributed by atoms with Crippen LogP contribution < -0.4 is 10.1 Å². The topological polar surface area (TPSA) is 51.2 Å². The zero-order chi connectivity index (χ0) is 11.4. The first-order valence-corrected chi connectivity index (χ1v) is 5.52. The Morgan fingerprint density at radius 1 is 1.38 bits per heavy atom. The van der Waals surface area contributed by atoms with Crippen LogP contribution in [0.2, 0.25) is 0 Å². The number of thiazole rings is 1. The van der Waals surface area contributed by atoms with Crippen molar-refractivity contribution in [3.63, 3.8) is 0 Å². The molecule has 16 heavy (non-hydrogen) atoms. The summed E-state index contributed by atoms with van der Waals surface area (Å²) in [4.78, 5) is 15.6. The van der Waals surface area contributed by atoms with Crippen LogP contribution in [0, 0.1) is 0 Å². The number of ether oxygens (including phenoxy) is 1. The second kappa shape index (κ2) is 4.76. The predicted octanol–water partition coefficient (Wildman–Crippen LogP) is 2.40. The Morgan fingerprint density at radius 2 is 2.12 bits per heavy atom. The van der Waals surface area contributed by atoms with Gasteiger partial charge in [0.1, 0.15) is 5.75 Å². The summed E-state index contributed by atoms with van der Waals surface area (Å²) in [6, 6.07) is 7.14. The van der Waals surface area contributed by atoms with Gasteiger partial charge >= 0.3 is 0 Å². The van der Waals surface area contributed by atoms with Crippen molar-refractivity contribution < 1.29 is 9.53 Å². The SMILES string of the molecule is COc1ccc(NC(=O)c2nccs2)cc1. The van der Waals surface area contributed by atoms with E-state index in [0.29, 0.717) is 5.01 Å². The Kier molecular flexibility index (Phi) is 3.16. The molecule has 0 unspecified atom stereocenters. The molecule has 0 spiro atoms. The first kappa shape index (κ1) is 10.6.